The average Bonchev–Trinajstić information content (AvgIpc) is 2.98. The first kappa shape index (κ1) is 15.5. The number of rotatable bonds is 4. The van der Waals surface area contributed by atoms with Crippen LogP contribution in [-0.4, -0.2) is 51.8 Å². The molecule has 2 heterocycles. The Bertz CT molecular complexity index is 549. The Morgan fingerprint density at radius 3 is 3.00 bits per heavy atom. The molecule has 1 aliphatic rings. The molecule has 0 aliphatic carbocycles. The number of H-pyrrole nitrogens is 1. The van der Waals surface area contributed by atoms with Gasteiger partial charge in [0.2, 0.25) is 0 Å². The molecule has 0 bridgehead atoms. The number of nitrogens with one attached hydrogen (secondary N) is 1. The van der Waals surface area contributed by atoms with Gasteiger partial charge in [-0.05, 0) is 18.9 Å². The van der Waals surface area contributed by atoms with Gasteiger partial charge in [0.15, 0.2) is 0 Å². The third-order valence-corrected chi connectivity index (χ3v) is 4.28. The smallest absolute Gasteiger partial charge is 0.270 e. The molecule has 1 amide bonds. The number of piperidine rings is 1. The molecule has 2 rings (SSSR count). The molecule has 0 aromatic carbocycles. The number of aliphatic hydroxyl groups is 2. The van der Waals surface area contributed by atoms with E-state index >= 15 is 0 Å². The summed E-state index contributed by atoms with van der Waals surface area (Å²) in [6, 6.07) is 3.50. The van der Waals surface area contributed by atoms with E-state index in [1.165, 1.54) is 12.3 Å². The zero-order chi connectivity index (χ0) is 15.5. The summed E-state index contributed by atoms with van der Waals surface area (Å²) in [5.74, 6) is -0.197. The Hall–Kier alpha value is -1.84. The van der Waals surface area contributed by atoms with Gasteiger partial charge >= 0.3 is 0 Å². The lowest BCUT2D eigenvalue weighted by Crippen LogP contribution is -2.55. The van der Waals surface area contributed by atoms with Crippen LogP contribution in [0.2, 0.25) is 0 Å². The van der Waals surface area contributed by atoms with Crippen LogP contribution in [0.1, 0.15) is 42.2 Å². The number of amides is 1. The van der Waals surface area contributed by atoms with Crippen molar-refractivity contribution in [2.24, 2.45) is 5.41 Å². The van der Waals surface area contributed by atoms with Gasteiger partial charge in [-0.3, -0.25) is 4.79 Å². The van der Waals surface area contributed by atoms with Crippen molar-refractivity contribution in [2.45, 2.75) is 32.3 Å². The lowest BCUT2D eigenvalue weighted by Gasteiger charge is -2.45. The highest BCUT2D eigenvalue weighted by Crippen LogP contribution is 2.35. The molecule has 1 aliphatic heterocycles. The fraction of sp³-hybridized carbons (Fsp3) is 0.600. The summed E-state index contributed by atoms with van der Waals surface area (Å²) in [7, 11) is 0. The van der Waals surface area contributed by atoms with Crippen molar-refractivity contribution in [1.29, 1.82) is 5.26 Å². The number of hydrogen-bond donors (Lipinski definition) is 3. The van der Waals surface area contributed by atoms with Crippen molar-refractivity contribution in [1.82, 2.24) is 9.88 Å². The van der Waals surface area contributed by atoms with Crippen LogP contribution in [0.3, 0.4) is 0 Å². The van der Waals surface area contributed by atoms with Crippen molar-refractivity contribution < 1.29 is 15.0 Å². The monoisotopic (exact) mass is 291 g/mol. The van der Waals surface area contributed by atoms with Crippen LogP contribution in [0.25, 0.3) is 0 Å². The second-order valence-electron chi connectivity index (χ2n) is 5.72. The molecule has 1 aromatic rings. The number of carbonyl (C=O) groups is 1. The number of hydrogen-bond acceptors (Lipinski definition) is 4. The molecule has 21 heavy (non-hydrogen) atoms. The molecule has 0 spiro atoms. The summed E-state index contributed by atoms with van der Waals surface area (Å²) in [4.78, 5) is 16.9. The Labute approximate surface area is 124 Å². The molecule has 0 radical (unpaired) electrons. The van der Waals surface area contributed by atoms with Crippen LogP contribution < -0.4 is 0 Å². The maximum absolute atomic E-state index is 12.5. The minimum atomic E-state index is -0.646. The molecular weight excluding hydrogens is 270 g/mol. The zero-order valence-corrected chi connectivity index (χ0v) is 12.2. The number of nitriles is 1. The first-order chi connectivity index (χ1) is 10.1. The van der Waals surface area contributed by atoms with Gasteiger partial charge in [-0.1, -0.05) is 13.3 Å². The van der Waals surface area contributed by atoms with Crippen molar-refractivity contribution in [2.75, 3.05) is 19.7 Å². The van der Waals surface area contributed by atoms with E-state index in [0.29, 0.717) is 37.2 Å². The number of aromatic nitrogens is 1. The molecule has 6 heteroatoms. The van der Waals surface area contributed by atoms with Crippen molar-refractivity contribution in [3.05, 3.63) is 23.5 Å². The summed E-state index contributed by atoms with van der Waals surface area (Å²) in [6.45, 7) is 2.64. The number of aliphatic hydroxyl groups excluding tert-OH is 2. The Balaban J connectivity index is 2.17. The molecule has 1 aromatic heterocycles. The fourth-order valence-corrected chi connectivity index (χ4v) is 3.05. The summed E-state index contributed by atoms with van der Waals surface area (Å²) >= 11 is 0. The van der Waals surface area contributed by atoms with Crippen LogP contribution >= 0.6 is 0 Å². The fourth-order valence-electron chi connectivity index (χ4n) is 3.05. The van der Waals surface area contributed by atoms with Crippen LogP contribution in [0.5, 0.6) is 0 Å². The highest BCUT2D eigenvalue weighted by atomic mass is 16.3. The SMILES string of the molecule is CCC[C@@]1(CO)CN(C(=O)c2cc(C#N)c[nH]2)CC[C@H]1O. The highest BCUT2D eigenvalue weighted by molar-refractivity contribution is 5.93. The van der Waals surface area contributed by atoms with E-state index < -0.39 is 11.5 Å². The first-order valence-corrected chi connectivity index (χ1v) is 7.23. The molecule has 1 saturated heterocycles. The minimum absolute atomic E-state index is 0.139. The number of likely N-dealkylation sites (tertiary alicyclic amines) is 1. The Kier molecular flexibility index (Phi) is 4.66. The summed E-state index contributed by atoms with van der Waals surface area (Å²) in [5, 5.41) is 28.7. The summed E-state index contributed by atoms with van der Waals surface area (Å²) in [6.07, 6.45) is 2.86. The van der Waals surface area contributed by atoms with Gasteiger partial charge in [-0.2, -0.15) is 5.26 Å². The number of aromatic amines is 1. The van der Waals surface area contributed by atoms with Crippen molar-refractivity contribution in [3.8, 4) is 6.07 Å². The maximum atomic E-state index is 12.5. The predicted octanol–water partition coefficient (Wildman–Crippen LogP) is 0.872. The number of carbonyl (C=O) groups excluding carboxylic acids is 1. The lowest BCUT2D eigenvalue weighted by atomic mass is 9.74. The van der Waals surface area contributed by atoms with Crippen LogP contribution in [0, 0.1) is 16.7 Å². The van der Waals surface area contributed by atoms with Crippen LogP contribution in [0.15, 0.2) is 12.3 Å². The number of nitrogens with zero attached hydrogens (tertiary/aromatic N) is 2. The van der Waals surface area contributed by atoms with E-state index in [9.17, 15) is 15.0 Å². The van der Waals surface area contributed by atoms with Crippen molar-refractivity contribution >= 4 is 5.91 Å². The van der Waals surface area contributed by atoms with Gasteiger partial charge in [0.25, 0.3) is 5.91 Å². The Morgan fingerprint density at radius 1 is 1.67 bits per heavy atom. The van der Waals surface area contributed by atoms with E-state index in [2.05, 4.69) is 4.98 Å². The molecule has 2 atom stereocenters. The third-order valence-electron chi connectivity index (χ3n) is 4.28. The average molecular weight is 291 g/mol. The van der Waals surface area contributed by atoms with E-state index in [0.717, 1.165) is 6.42 Å². The van der Waals surface area contributed by atoms with Crippen LogP contribution in [-0.2, 0) is 0 Å². The summed E-state index contributed by atoms with van der Waals surface area (Å²) in [5.41, 5.74) is 0.136. The maximum Gasteiger partial charge on any atom is 0.270 e. The molecular formula is C15H21N3O3. The zero-order valence-electron chi connectivity index (χ0n) is 12.2. The second-order valence-corrected chi connectivity index (χ2v) is 5.72. The standard InChI is InChI=1S/C15H21N3O3/c1-2-4-15(10-19)9-18(5-3-13(15)20)14(21)12-6-11(7-16)8-17-12/h6,8,13,17,19-20H,2-5,9-10H2,1H3/t13-,15+/m1/s1. The van der Waals surface area contributed by atoms with E-state index in [1.54, 1.807) is 4.90 Å². The molecule has 0 unspecified atom stereocenters. The highest BCUT2D eigenvalue weighted by Gasteiger charge is 2.43. The molecule has 114 valence electrons. The molecule has 3 N–H and O–H groups in total. The quantitative estimate of drug-likeness (QED) is 0.766. The van der Waals surface area contributed by atoms with E-state index in [-0.39, 0.29) is 12.5 Å². The molecule has 1 fully saturated rings. The third kappa shape index (κ3) is 2.94. The van der Waals surface area contributed by atoms with Gasteiger partial charge in [-0.15, -0.1) is 0 Å². The predicted molar refractivity (Wildman–Crippen MR) is 76.5 cm³/mol. The summed E-state index contributed by atoms with van der Waals surface area (Å²) < 4.78 is 0. The minimum Gasteiger partial charge on any atom is -0.396 e. The van der Waals surface area contributed by atoms with Crippen molar-refractivity contribution in [3.63, 3.8) is 0 Å². The Morgan fingerprint density at radius 2 is 2.43 bits per heavy atom. The molecule has 6 nitrogen and oxygen atoms in total. The van der Waals surface area contributed by atoms with E-state index in [1.807, 2.05) is 13.0 Å². The van der Waals surface area contributed by atoms with Crippen LogP contribution in [0.4, 0.5) is 0 Å². The van der Waals surface area contributed by atoms with Gasteiger partial charge in [0.1, 0.15) is 11.8 Å². The lowest BCUT2D eigenvalue weighted by molar-refractivity contribution is -0.0721. The molecule has 0 saturated carbocycles. The largest absolute Gasteiger partial charge is 0.396 e. The van der Waals surface area contributed by atoms with Gasteiger partial charge < -0.3 is 20.1 Å². The topological polar surface area (TPSA) is 100 Å². The van der Waals surface area contributed by atoms with Gasteiger partial charge in [0.05, 0.1) is 18.3 Å². The van der Waals surface area contributed by atoms with Gasteiger partial charge in [-0.25, -0.2) is 0 Å². The second kappa shape index (κ2) is 6.29. The van der Waals surface area contributed by atoms with Gasteiger partial charge in [0, 0.05) is 24.7 Å². The normalized spacial score (nSPS) is 25.6. The van der Waals surface area contributed by atoms with E-state index in [4.69, 9.17) is 5.26 Å². The first-order valence-electron chi connectivity index (χ1n) is 7.23.